The molecule has 0 spiro atoms. The molecular weight excluding hydrogens is 493 g/mol. The van der Waals surface area contributed by atoms with Gasteiger partial charge in [0, 0.05) is 18.7 Å². The number of nitriles is 1. The Bertz CT molecular complexity index is 1340. The van der Waals surface area contributed by atoms with Crippen LogP contribution >= 0.6 is 12.1 Å². The molecule has 10 heteroatoms. The van der Waals surface area contributed by atoms with Crippen LogP contribution in [0.25, 0.3) is 10.9 Å². The normalized spacial score (nSPS) is 15.0. The summed E-state index contributed by atoms with van der Waals surface area (Å²) in [7, 11) is 1.89. The molecule has 1 heterocycles. The summed E-state index contributed by atoms with van der Waals surface area (Å²) in [5.41, 5.74) is 0.741. The van der Waals surface area contributed by atoms with Crippen molar-refractivity contribution in [2.45, 2.75) is 58.1 Å². The van der Waals surface area contributed by atoms with E-state index in [1.54, 1.807) is 16.7 Å². The smallest absolute Gasteiger partial charge is 0.261 e. The lowest BCUT2D eigenvalue weighted by Crippen LogP contribution is -2.28. The summed E-state index contributed by atoms with van der Waals surface area (Å²) in [6, 6.07) is 9.37. The highest BCUT2D eigenvalue weighted by molar-refractivity contribution is 7.98. The molecule has 4 rings (SSSR count). The van der Waals surface area contributed by atoms with E-state index in [9.17, 15) is 14.4 Å². The number of anilines is 1. The zero-order valence-electron chi connectivity index (χ0n) is 21.4. The van der Waals surface area contributed by atoms with Crippen molar-refractivity contribution in [1.82, 2.24) is 13.9 Å². The number of fused-ring (bicyclic) bond motifs is 1. The first kappa shape index (κ1) is 26.9. The Hall–Kier alpha value is -3.13. The average molecular weight is 526 g/mol. The van der Waals surface area contributed by atoms with E-state index >= 15 is 0 Å². The van der Waals surface area contributed by atoms with Gasteiger partial charge in [0.1, 0.15) is 17.4 Å². The predicted octanol–water partition coefficient (Wildman–Crippen LogP) is 6.04. The molecule has 1 saturated carbocycles. The van der Waals surface area contributed by atoms with Gasteiger partial charge in [-0.15, -0.1) is 0 Å². The predicted molar refractivity (Wildman–Crippen MR) is 144 cm³/mol. The van der Waals surface area contributed by atoms with E-state index in [-0.39, 0.29) is 34.8 Å². The average Bonchev–Trinajstić information content (AvgIpc) is 2.92. The highest BCUT2D eigenvalue weighted by atomic mass is 32.2. The van der Waals surface area contributed by atoms with Crippen LogP contribution in [0.3, 0.4) is 0 Å². The van der Waals surface area contributed by atoms with Gasteiger partial charge < -0.3 is 14.2 Å². The zero-order valence-corrected chi connectivity index (χ0v) is 22.2. The third kappa shape index (κ3) is 6.42. The maximum absolute atomic E-state index is 14.8. The summed E-state index contributed by atoms with van der Waals surface area (Å²) in [6.07, 6.45) is 7.52. The standard InChI is InChI=1S/C27H32FN5O3S/c1-4-32(3)37-31-25-13-11-23(28)26(22(25)15-29)36-20-10-12-24-21(14-20)27(34)33(17-30-24)18(2)16-35-19-8-6-5-7-9-19/h10-14,17-19,31H,4-9,16H2,1-3H3. The van der Waals surface area contributed by atoms with Crippen molar-refractivity contribution in [3.05, 3.63) is 58.4 Å². The minimum absolute atomic E-state index is 0.0363. The number of benzene rings is 2. The Morgan fingerprint density at radius 2 is 2.08 bits per heavy atom. The lowest BCUT2D eigenvalue weighted by atomic mass is 9.98. The molecule has 1 aliphatic carbocycles. The molecule has 0 aliphatic heterocycles. The Labute approximate surface area is 220 Å². The number of halogens is 1. The highest BCUT2D eigenvalue weighted by Gasteiger charge is 2.19. The van der Waals surface area contributed by atoms with Crippen LogP contribution in [0, 0.1) is 17.1 Å². The molecule has 0 bridgehead atoms. The van der Waals surface area contributed by atoms with Gasteiger partial charge in [-0.3, -0.25) is 9.36 Å². The first-order valence-corrected chi connectivity index (χ1v) is 13.4. The zero-order chi connectivity index (χ0) is 26.4. The summed E-state index contributed by atoms with van der Waals surface area (Å²) >= 11 is 1.29. The van der Waals surface area contributed by atoms with E-state index in [1.807, 2.05) is 31.3 Å². The number of ether oxygens (including phenoxy) is 2. The van der Waals surface area contributed by atoms with Crippen LogP contribution in [-0.4, -0.2) is 40.2 Å². The van der Waals surface area contributed by atoms with E-state index in [2.05, 4.69) is 9.71 Å². The van der Waals surface area contributed by atoms with Gasteiger partial charge in [-0.2, -0.15) is 5.26 Å². The molecule has 8 nitrogen and oxygen atoms in total. The second kappa shape index (κ2) is 12.4. The molecule has 1 aliphatic rings. The molecule has 1 fully saturated rings. The number of rotatable bonds is 10. The number of nitrogens with one attached hydrogen (secondary N) is 1. The molecule has 3 aromatic rings. The van der Waals surface area contributed by atoms with E-state index < -0.39 is 5.82 Å². The molecule has 1 N–H and O–H groups in total. The van der Waals surface area contributed by atoms with Crippen LogP contribution in [0.4, 0.5) is 10.1 Å². The SMILES string of the molecule is CCN(C)SNc1ccc(F)c(Oc2ccc3ncn(C(C)COC4CCCCC4)c(=O)c3c2)c1C#N. The second-order valence-corrected chi connectivity index (χ2v) is 10.2. The van der Waals surface area contributed by atoms with Gasteiger partial charge in [0.2, 0.25) is 0 Å². The fourth-order valence-corrected chi connectivity index (χ4v) is 4.80. The van der Waals surface area contributed by atoms with E-state index in [1.165, 1.54) is 55.9 Å². The summed E-state index contributed by atoms with van der Waals surface area (Å²) in [5.74, 6) is -0.640. The fourth-order valence-electron chi connectivity index (χ4n) is 4.24. The molecule has 0 saturated heterocycles. The molecule has 1 atom stereocenters. The van der Waals surface area contributed by atoms with E-state index in [0.29, 0.717) is 23.2 Å². The minimum atomic E-state index is -0.673. The van der Waals surface area contributed by atoms with E-state index in [4.69, 9.17) is 9.47 Å². The number of hydrogen-bond acceptors (Lipinski definition) is 8. The van der Waals surface area contributed by atoms with Crippen molar-refractivity contribution < 1.29 is 13.9 Å². The van der Waals surface area contributed by atoms with Gasteiger partial charge in [-0.1, -0.05) is 26.2 Å². The fraction of sp³-hybridized carbons (Fsp3) is 0.444. The first-order valence-electron chi connectivity index (χ1n) is 12.6. The number of aromatic nitrogens is 2. The minimum Gasteiger partial charge on any atom is -0.453 e. The van der Waals surface area contributed by atoms with Crippen molar-refractivity contribution >= 4 is 28.7 Å². The first-order chi connectivity index (χ1) is 17.9. The molecule has 1 unspecified atom stereocenters. The number of hydrogen-bond donors (Lipinski definition) is 1. The van der Waals surface area contributed by atoms with E-state index in [0.717, 1.165) is 19.4 Å². The summed E-state index contributed by atoms with van der Waals surface area (Å²) in [5, 5.41) is 10.1. The lowest BCUT2D eigenvalue weighted by Gasteiger charge is -2.24. The Morgan fingerprint density at radius 1 is 1.30 bits per heavy atom. The summed E-state index contributed by atoms with van der Waals surface area (Å²) in [6.45, 7) is 5.12. The van der Waals surface area contributed by atoms with Gasteiger partial charge in [-0.05, 0) is 57.1 Å². The van der Waals surface area contributed by atoms with Crippen LogP contribution < -0.4 is 15.0 Å². The van der Waals surface area contributed by atoms with Gasteiger partial charge in [0.25, 0.3) is 5.56 Å². The number of nitrogens with zero attached hydrogens (tertiary/aromatic N) is 4. The lowest BCUT2D eigenvalue weighted by molar-refractivity contribution is 0.0125. The molecule has 2 aromatic carbocycles. The summed E-state index contributed by atoms with van der Waals surface area (Å²) in [4.78, 5) is 17.7. The van der Waals surface area contributed by atoms with Crippen LogP contribution in [-0.2, 0) is 4.74 Å². The highest BCUT2D eigenvalue weighted by Crippen LogP contribution is 2.35. The molecule has 196 valence electrons. The van der Waals surface area contributed by atoms with Crippen molar-refractivity contribution in [1.29, 1.82) is 5.26 Å². The summed E-state index contributed by atoms with van der Waals surface area (Å²) < 4.78 is 33.2. The van der Waals surface area contributed by atoms with Crippen LogP contribution in [0.1, 0.15) is 57.6 Å². The monoisotopic (exact) mass is 525 g/mol. The molecule has 1 aromatic heterocycles. The van der Waals surface area contributed by atoms with Gasteiger partial charge in [-0.25, -0.2) is 13.7 Å². The maximum atomic E-state index is 14.8. The van der Waals surface area contributed by atoms with Crippen LogP contribution in [0.2, 0.25) is 0 Å². The topological polar surface area (TPSA) is 92.4 Å². The van der Waals surface area contributed by atoms with Gasteiger partial charge in [0.15, 0.2) is 11.6 Å². The Kier molecular flexibility index (Phi) is 9.03. The quantitative estimate of drug-likeness (QED) is 0.321. The second-order valence-electron chi connectivity index (χ2n) is 9.23. The van der Waals surface area contributed by atoms with Crippen LogP contribution in [0.5, 0.6) is 11.5 Å². The molecule has 37 heavy (non-hydrogen) atoms. The third-order valence-corrected chi connectivity index (χ3v) is 7.43. The Morgan fingerprint density at radius 3 is 2.81 bits per heavy atom. The van der Waals surface area contributed by atoms with Crippen LogP contribution in [0.15, 0.2) is 41.5 Å². The molecular formula is C27H32FN5O3S. The Balaban J connectivity index is 1.58. The largest absolute Gasteiger partial charge is 0.453 e. The maximum Gasteiger partial charge on any atom is 0.261 e. The molecule has 0 amide bonds. The molecule has 0 radical (unpaired) electrons. The van der Waals surface area contributed by atoms with Crippen molar-refractivity contribution in [2.24, 2.45) is 0 Å². The third-order valence-electron chi connectivity index (χ3n) is 6.55. The van der Waals surface area contributed by atoms with Crippen molar-refractivity contribution in [3.63, 3.8) is 0 Å². The van der Waals surface area contributed by atoms with Gasteiger partial charge >= 0.3 is 0 Å². The van der Waals surface area contributed by atoms with Crippen molar-refractivity contribution in [2.75, 3.05) is 24.9 Å². The van der Waals surface area contributed by atoms with Gasteiger partial charge in [0.05, 0.1) is 41.7 Å². The van der Waals surface area contributed by atoms with Crippen molar-refractivity contribution in [3.8, 4) is 17.6 Å².